The van der Waals surface area contributed by atoms with Crippen molar-refractivity contribution in [3.8, 4) is 5.75 Å². The minimum Gasteiger partial charge on any atom is -0.507 e. The van der Waals surface area contributed by atoms with Crippen LogP contribution in [-0.4, -0.2) is 47.4 Å². The van der Waals surface area contributed by atoms with Gasteiger partial charge in [0, 0.05) is 12.2 Å². The normalized spacial score (nSPS) is 16.5. The lowest BCUT2D eigenvalue weighted by Gasteiger charge is -2.20. The second kappa shape index (κ2) is 7.59. The van der Waals surface area contributed by atoms with Crippen molar-refractivity contribution < 1.29 is 24.9 Å². The number of phenols is 1. The number of hydrogen-bond acceptors (Lipinski definition) is 6. The maximum Gasteiger partial charge on any atom is 0.315 e. The molecule has 0 fully saturated rings. The largest absolute Gasteiger partial charge is 0.507 e. The summed E-state index contributed by atoms with van der Waals surface area (Å²) in [6, 6.07) is 0. The van der Waals surface area contributed by atoms with Crippen molar-refractivity contribution in [1.82, 2.24) is 0 Å². The quantitative estimate of drug-likeness (QED) is 0.681. The number of fused-ring (bicyclic) bond motifs is 1. The highest BCUT2D eigenvalue weighted by Gasteiger charge is 2.35. The number of thioether (sulfide) groups is 1. The van der Waals surface area contributed by atoms with E-state index in [1.54, 1.807) is 0 Å². The first-order valence-corrected chi connectivity index (χ1v) is 8.88. The van der Waals surface area contributed by atoms with Crippen LogP contribution in [0, 0.1) is 13.8 Å². The van der Waals surface area contributed by atoms with E-state index >= 15 is 0 Å². The average Bonchev–Trinajstić information content (AvgIpc) is 2.86. The van der Waals surface area contributed by atoms with E-state index in [1.807, 2.05) is 20.8 Å². The zero-order valence-corrected chi connectivity index (χ0v) is 15.3. The van der Waals surface area contributed by atoms with Gasteiger partial charge in [-0.1, -0.05) is 0 Å². The van der Waals surface area contributed by atoms with Crippen molar-refractivity contribution in [2.45, 2.75) is 32.4 Å². The van der Waals surface area contributed by atoms with Gasteiger partial charge in [0.25, 0.3) is 0 Å². The number of methoxy groups -OCH3 is 1. The number of aliphatic hydroxyl groups is 2. The summed E-state index contributed by atoms with van der Waals surface area (Å²) >= 11 is 1.38. The van der Waals surface area contributed by atoms with Crippen LogP contribution in [0.25, 0.3) is 5.57 Å². The maximum atomic E-state index is 11.5. The predicted octanol–water partition coefficient (Wildman–Crippen LogP) is 2.27. The maximum absolute atomic E-state index is 11.5. The minimum atomic E-state index is -0.323. The van der Waals surface area contributed by atoms with E-state index in [4.69, 9.17) is 4.74 Å². The van der Waals surface area contributed by atoms with Gasteiger partial charge in [-0.05, 0) is 60.6 Å². The van der Waals surface area contributed by atoms with E-state index in [0.29, 0.717) is 6.42 Å². The van der Waals surface area contributed by atoms with Gasteiger partial charge >= 0.3 is 5.97 Å². The Hall–Kier alpha value is -1.50. The molecule has 0 spiro atoms. The summed E-state index contributed by atoms with van der Waals surface area (Å²) < 4.78 is 4.70. The molecule has 0 saturated carbocycles. The molecule has 0 radical (unpaired) electrons. The van der Waals surface area contributed by atoms with Gasteiger partial charge in [-0.15, -0.1) is 11.8 Å². The molecule has 3 N–H and O–H groups in total. The number of aromatic hydroxyl groups is 1. The predicted molar refractivity (Wildman–Crippen MR) is 95.3 cm³/mol. The first kappa shape index (κ1) is 18.8. The van der Waals surface area contributed by atoms with E-state index in [0.717, 1.165) is 39.0 Å². The SMILES string of the molecule is COC(=O)CSC1C(C)=C(CO)c2c(C)c(CCO)c(C)c(O)c21. The zero-order valence-electron chi connectivity index (χ0n) is 14.5. The summed E-state index contributed by atoms with van der Waals surface area (Å²) in [6.07, 6.45) is 0.455. The number of carbonyl (C=O) groups is 1. The minimum absolute atomic E-state index is 0.00240. The smallest absolute Gasteiger partial charge is 0.315 e. The molecule has 0 aliphatic heterocycles. The number of carbonyl (C=O) groups excluding carboxylic acids is 1. The highest BCUT2D eigenvalue weighted by molar-refractivity contribution is 8.00. The topological polar surface area (TPSA) is 87.0 Å². The number of esters is 1. The molecule has 5 nitrogen and oxygen atoms in total. The Morgan fingerprint density at radius 3 is 2.42 bits per heavy atom. The van der Waals surface area contributed by atoms with E-state index in [1.165, 1.54) is 18.9 Å². The molecule has 0 saturated heterocycles. The highest BCUT2D eigenvalue weighted by Crippen LogP contribution is 2.53. The van der Waals surface area contributed by atoms with Crippen LogP contribution in [0.4, 0.5) is 0 Å². The van der Waals surface area contributed by atoms with Crippen LogP contribution in [0.5, 0.6) is 5.75 Å². The lowest BCUT2D eigenvalue weighted by atomic mass is 9.89. The Labute approximate surface area is 146 Å². The van der Waals surface area contributed by atoms with Gasteiger partial charge in [-0.3, -0.25) is 4.79 Å². The van der Waals surface area contributed by atoms with Crippen molar-refractivity contribution >= 4 is 23.3 Å². The molecule has 24 heavy (non-hydrogen) atoms. The Kier molecular flexibility index (Phi) is 5.96. The molecule has 6 heteroatoms. The lowest BCUT2D eigenvalue weighted by molar-refractivity contribution is -0.137. The molecule has 1 aliphatic carbocycles. The average molecular weight is 352 g/mol. The molecule has 0 amide bonds. The summed E-state index contributed by atoms with van der Waals surface area (Å²) in [7, 11) is 1.35. The molecule has 0 aromatic heterocycles. The van der Waals surface area contributed by atoms with Crippen LogP contribution >= 0.6 is 11.8 Å². The Bertz CT molecular complexity index is 693. The van der Waals surface area contributed by atoms with Gasteiger partial charge in [0.05, 0.1) is 24.7 Å². The molecule has 1 unspecified atom stereocenters. The molecule has 1 atom stereocenters. The second-order valence-electron chi connectivity index (χ2n) is 5.93. The fourth-order valence-electron chi connectivity index (χ4n) is 3.42. The first-order chi connectivity index (χ1) is 11.4. The number of ether oxygens (including phenoxy) is 1. The summed E-state index contributed by atoms with van der Waals surface area (Å²) in [5, 5.41) is 29.7. The van der Waals surface area contributed by atoms with Crippen molar-refractivity contribution in [1.29, 1.82) is 0 Å². The van der Waals surface area contributed by atoms with Gasteiger partial charge in [0.1, 0.15) is 5.75 Å². The Morgan fingerprint density at radius 1 is 1.21 bits per heavy atom. The summed E-state index contributed by atoms with van der Waals surface area (Å²) in [4.78, 5) is 11.5. The first-order valence-electron chi connectivity index (χ1n) is 7.83. The standard InChI is InChI=1S/C18H24O5S/c1-9-12(5-6-19)10(2)17(22)16-15(9)13(7-20)11(3)18(16)24-8-14(21)23-4/h18-20,22H,5-8H2,1-4H3. The van der Waals surface area contributed by atoms with Crippen molar-refractivity contribution in [3.05, 3.63) is 33.4 Å². The van der Waals surface area contributed by atoms with Gasteiger partial charge in [-0.2, -0.15) is 0 Å². The second-order valence-corrected chi connectivity index (χ2v) is 7.02. The Morgan fingerprint density at radius 2 is 1.88 bits per heavy atom. The van der Waals surface area contributed by atoms with Gasteiger partial charge in [0.15, 0.2) is 0 Å². The van der Waals surface area contributed by atoms with Crippen LogP contribution in [0.1, 0.15) is 40.0 Å². The van der Waals surface area contributed by atoms with E-state index in [-0.39, 0.29) is 35.9 Å². The van der Waals surface area contributed by atoms with Crippen LogP contribution in [0.3, 0.4) is 0 Å². The van der Waals surface area contributed by atoms with Crippen LogP contribution in [-0.2, 0) is 16.0 Å². The third-order valence-electron chi connectivity index (χ3n) is 4.71. The molecule has 1 aromatic rings. The van der Waals surface area contributed by atoms with Crippen molar-refractivity contribution in [2.75, 3.05) is 26.1 Å². The number of aliphatic hydroxyl groups excluding tert-OH is 2. The van der Waals surface area contributed by atoms with Gasteiger partial charge in [0.2, 0.25) is 0 Å². The van der Waals surface area contributed by atoms with Gasteiger partial charge in [-0.25, -0.2) is 0 Å². The van der Waals surface area contributed by atoms with Crippen LogP contribution in [0.15, 0.2) is 5.57 Å². The molecule has 0 heterocycles. The fourth-order valence-corrected chi connectivity index (χ4v) is 4.63. The third kappa shape index (κ3) is 3.06. The Balaban J connectivity index is 2.59. The highest BCUT2D eigenvalue weighted by atomic mass is 32.2. The number of rotatable bonds is 6. The molecule has 2 rings (SSSR count). The van der Waals surface area contributed by atoms with Crippen molar-refractivity contribution in [3.63, 3.8) is 0 Å². The fraction of sp³-hybridized carbons (Fsp3) is 0.500. The molecular weight excluding hydrogens is 328 g/mol. The van der Waals surface area contributed by atoms with E-state index < -0.39 is 0 Å². The zero-order chi connectivity index (χ0) is 18.0. The van der Waals surface area contributed by atoms with E-state index in [9.17, 15) is 20.1 Å². The third-order valence-corrected chi connectivity index (χ3v) is 6.03. The molecule has 1 aromatic carbocycles. The molecule has 132 valence electrons. The van der Waals surface area contributed by atoms with Crippen molar-refractivity contribution in [2.24, 2.45) is 0 Å². The van der Waals surface area contributed by atoms with Crippen LogP contribution < -0.4 is 0 Å². The van der Waals surface area contributed by atoms with E-state index in [2.05, 4.69) is 0 Å². The van der Waals surface area contributed by atoms with Gasteiger partial charge < -0.3 is 20.1 Å². The monoisotopic (exact) mass is 352 g/mol. The number of benzene rings is 1. The molecule has 0 bridgehead atoms. The molecular formula is C18H24O5S. The number of hydrogen-bond donors (Lipinski definition) is 3. The summed E-state index contributed by atoms with van der Waals surface area (Å²) in [5.41, 5.74) is 5.96. The van der Waals surface area contributed by atoms with Crippen LogP contribution in [0.2, 0.25) is 0 Å². The lowest BCUT2D eigenvalue weighted by Crippen LogP contribution is -2.07. The molecule has 1 aliphatic rings. The summed E-state index contributed by atoms with van der Waals surface area (Å²) in [5.74, 6) is 0.0351. The number of phenolic OH excluding ortho intramolecular Hbond substituents is 1. The summed E-state index contributed by atoms with van der Waals surface area (Å²) in [6.45, 7) is 5.57.